The van der Waals surface area contributed by atoms with Crippen LogP contribution in [0.3, 0.4) is 0 Å². The van der Waals surface area contributed by atoms with Gasteiger partial charge in [0.15, 0.2) is 0 Å². The molecular weight excluding hydrogens is 305 g/mol. The lowest BCUT2D eigenvalue weighted by atomic mass is 10.1. The molecule has 2 N–H and O–H groups in total. The van der Waals surface area contributed by atoms with Crippen LogP contribution in [0.25, 0.3) is 11.1 Å². The first-order chi connectivity index (χ1) is 10.1. The number of halogens is 2. The fourth-order valence-electron chi connectivity index (χ4n) is 2.16. The van der Waals surface area contributed by atoms with Crippen molar-refractivity contribution in [1.29, 1.82) is 0 Å². The number of benzene rings is 2. The monoisotopic (exact) mass is 317 g/mol. The quantitative estimate of drug-likeness (QED) is 0.723. The molecule has 0 spiro atoms. The largest absolute Gasteiger partial charge is 0.399 e. The molecule has 106 valence electrons. The van der Waals surface area contributed by atoms with Crippen molar-refractivity contribution in [2.45, 2.75) is 6.54 Å². The van der Waals surface area contributed by atoms with Crippen LogP contribution in [0.5, 0.6) is 0 Å². The summed E-state index contributed by atoms with van der Waals surface area (Å²) >= 11 is 12.2. The third-order valence-electron chi connectivity index (χ3n) is 3.22. The van der Waals surface area contributed by atoms with Gasteiger partial charge in [-0.1, -0.05) is 47.5 Å². The minimum atomic E-state index is 0.553. The Morgan fingerprint density at radius 3 is 2.67 bits per heavy atom. The Bertz CT molecular complexity index is 781. The standard InChI is InChI=1S/C16H13Cl2N3/c17-15-6-2-4-12(16(15)18)9-21-10-13(8-20-21)11-3-1-5-14(19)7-11/h1-8,10H,9,19H2. The Morgan fingerprint density at radius 1 is 1.05 bits per heavy atom. The molecule has 0 saturated carbocycles. The molecule has 1 heterocycles. The van der Waals surface area contributed by atoms with Crippen LogP contribution in [0.2, 0.25) is 10.0 Å². The summed E-state index contributed by atoms with van der Waals surface area (Å²) in [5.74, 6) is 0. The van der Waals surface area contributed by atoms with Crippen LogP contribution in [0, 0.1) is 0 Å². The highest BCUT2D eigenvalue weighted by atomic mass is 35.5. The predicted molar refractivity (Wildman–Crippen MR) is 87.6 cm³/mol. The molecule has 0 aliphatic heterocycles. The third-order valence-corrected chi connectivity index (χ3v) is 4.08. The highest BCUT2D eigenvalue weighted by molar-refractivity contribution is 6.42. The van der Waals surface area contributed by atoms with Crippen LogP contribution in [0.4, 0.5) is 5.69 Å². The van der Waals surface area contributed by atoms with Crippen LogP contribution in [0.15, 0.2) is 54.9 Å². The van der Waals surface area contributed by atoms with E-state index in [0.717, 1.165) is 22.4 Å². The molecule has 1 aromatic heterocycles. The molecule has 3 rings (SSSR count). The van der Waals surface area contributed by atoms with Crippen molar-refractivity contribution in [2.24, 2.45) is 0 Å². The fraction of sp³-hybridized carbons (Fsp3) is 0.0625. The van der Waals surface area contributed by atoms with Crippen molar-refractivity contribution in [3.8, 4) is 11.1 Å². The molecule has 0 bridgehead atoms. The first-order valence-corrected chi connectivity index (χ1v) is 7.20. The molecule has 0 atom stereocenters. The minimum Gasteiger partial charge on any atom is -0.399 e. The first kappa shape index (κ1) is 14.0. The van der Waals surface area contributed by atoms with E-state index in [1.807, 2.05) is 53.5 Å². The van der Waals surface area contributed by atoms with Crippen molar-refractivity contribution >= 4 is 28.9 Å². The van der Waals surface area contributed by atoms with Crippen molar-refractivity contribution in [3.63, 3.8) is 0 Å². The van der Waals surface area contributed by atoms with E-state index in [2.05, 4.69) is 5.10 Å². The molecule has 0 aliphatic carbocycles. The zero-order chi connectivity index (χ0) is 14.8. The fourth-order valence-corrected chi connectivity index (χ4v) is 2.54. The molecule has 2 aromatic carbocycles. The summed E-state index contributed by atoms with van der Waals surface area (Å²) in [4.78, 5) is 0. The Labute approximate surface area is 132 Å². The SMILES string of the molecule is Nc1cccc(-c2cnn(Cc3cccc(Cl)c3Cl)c2)c1. The molecule has 0 radical (unpaired) electrons. The van der Waals surface area contributed by atoms with E-state index in [4.69, 9.17) is 28.9 Å². The Hall–Kier alpha value is -1.97. The topological polar surface area (TPSA) is 43.8 Å². The Morgan fingerprint density at radius 2 is 1.86 bits per heavy atom. The smallest absolute Gasteiger partial charge is 0.0674 e. The number of hydrogen-bond donors (Lipinski definition) is 1. The second-order valence-electron chi connectivity index (χ2n) is 4.76. The number of nitrogens with two attached hydrogens (primary N) is 1. The summed E-state index contributed by atoms with van der Waals surface area (Å²) in [5, 5.41) is 5.49. The molecule has 0 amide bonds. The molecule has 3 aromatic rings. The van der Waals surface area contributed by atoms with E-state index in [1.165, 1.54) is 0 Å². The van der Waals surface area contributed by atoms with Crippen LogP contribution >= 0.6 is 23.2 Å². The van der Waals surface area contributed by atoms with E-state index >= 15 is 0 Å². The van der Waals surface area contributed by atoms with Gasteiger partial charge in [0, 0.05) is 17.4 Å². The van der Waals surface area contributed by atoms with Gasteiger partial charge in [0.1, 0.15) is 0 Å². The Balaban J connectivity index is 1.87. The lowest BCUT2D eigenvalue weighted by Crippen LogP contribution is -2.00. The molecule has 0 aliphatic rings. The average molecular weight is 318 g/mol. The first-order valence-electron chi connectivity index (χ1n) is 6.45. The zero-order valence-electron chi connectivity index (χ0n) is 11.1. The highest BCUT2D eigenvalue weighted by Crippen LogP contribution is 2.27. The third kappa shape index (κ3) is 3.04. The van der Waals surface area contributed by atoms with Crippen LogP contribution in [-0.4, -0.2) is 9.78 Å². The number of anilines is 1. The van der Waals surface area contributed by atoms with Crippen LogP contribution < -0.4 is 5.73 Å². The second-order valence-corrected chi connectivity index (χ2v) is 5.55. The van der Waals surface area contributed by atoms with E-state index in [0.29, 0.717) is 16.6 Å². The lowest BCUT2D eigenvalue weighted by molar-refractivity contribution is 0.687. The zero-order valence-corrected chi connectivity index (χ0v) is 12.6. The van der Waals surface area contributed by atoms with Gasteiger partial charge in [-0.3, -0.25) is 4.68 Å². The van der Waals surface area contributed by atoms with Gasteiger partial charge in [-0.05, 0) is 29.3 Å². The Kier molecular flexibility index (Phi) is 3.86. The minimum absolute atomic E-state index is 0.553. The summed E-state index contributed by atoms with van der Waals surface area (Å²) in [6.07, 6.45) is 3.78. The van der Waals surface area contributed by atoms with E-state index in [9.17, 15) is 0 Å². The van der Waals surface area contributed by atoms with Gasteiger partial charge in [0.25, 0.3) is 0 Å². The summed E-state index contributed by atoms with van der Waals surface area (Å²) in [5.41, 5.74) is 9.53. The van der Waals surface area contributed by atoms with Gasteiger partial charge in [0.05, 0.1) is 22.8 Å². The summed E-state index contributed by atoms with van der Waals surface area (Å²) in [6, 6.07) is 13.3. The van der Waals surface area contributed by atoms with Crippen molar-refractivity contribution in [2.75, 3.05) is 5.73 Å². The number of hydrogen-bond acceptors (Lipinski definition) is 2. The van der Waals surface area contributed by atoms with Gasteiger partial charge in [-0.25, -0.2) is 0 Å². The maximum atomic E-state index is 6.20. The average Bonchev–Trinajstić information content (AvgIpc) is 2.93. The van der Waals surface area contributed by atoms with Crippen molar-refractivity contribution in [3.05, 3.63) is 70.5 Å². The van der Waals surface area contributed by atoms with Crippen molar-refractivity contribution in [1.82, 2.24) is 9.78 Å². The normalized spacial score (nSPS) is 10.8. The van der Waals surface area contributed by atoms with Gasteiger partial charge in [-0.15, -0.1) is 0 Å². The molecule has 0 saturated heterocycles. The summed E-state index contributed by atoms with van der Waals surface area (Å²) in [6.45, 7) is 0.571. The maximum Gasteiger partial charge on any atom is 0.0674 e. The summed E-state index contributed by atoms with van der Waals surface area (Å²) < 4.78 is 1.83. The van der Waals surface area contributed by atoms with Crippen LogP contribution in [-0.2, 0) is 6.54 Å². The van der Waals surface area contributed by atoms with Gasteiger partial charge in [0.2, 0.25) is 0 Å². The molecule has 3 nitrogen and oxygen atoms in total. The molecule has 0 unspecified atom stereocenters. The summed E-state index contributed by atoms with van der Waals surface area (Å²) in [7, 11) is 0. The second kappa shape index (κ2) is 5.80. The van der Waals surface area contributed by atoms with E-state index < -0.39 is 0 Å². The molecular formula is C16H13Cl2N3. The van der Waals surface area contributed by atoms with Gasteiger partial charge in [-0.2, -0.15) is 5.10 Å². The van der Waals surface area contributed by atoms with Crippen LogP contribution in [0.1, 0.15) is 5.56 Å². The predicted octanol–water partition coefficient (Wildman–Crippen LogP) is 4.49. The number of nitrogen functional groups attached to an aromatic ring is 1. The highest BCUT2D eigenvalue weighted by Gasteiger charge is 2.07. The number of aromatic nitrogens is 2. The van der Waals surface area contributed by atoms with Gasteiger partial charge >= 0.3 is 0 Å². The van der Waals surface area contributed by atoms with E-state index in [1.54, 1.807) is 6.07 Å². The van der Waals surface area contributed by atoms with Gasteiger partial charge < -0.3 is 5.73 Å². The molecule has 21 heavy (non-hydrogen) atoms. The molecule has 5 heteroatoms. The maximum absolute atomic E-state index is 6.20. The lowest BCUT2D eigenvalue weighted by Gasteiger charge is -2.05. The van der Waals surface area contributed by atoms with Crippen molar-refractivity contribution < 1.29 is 0 Å². The molecule has 0 fully saturated rings. The number of rotatable bonds is 3. The number of nitrogens with zero attached hydrogens (tertiary/aromatic N) is 2. The van der Waals surface area contributed by atoms with E-state index in [-0.39, 0.29) is 0 Å².